The molecule has 0 aromatic heterocycles. The second-order valence-corrected chi connectivity index (χ2v) is 5.26. The maximum atomic E-state index is 5.58. The predicted molar refractivity (Wildman–Crippen MR) is 73.4 cm³/mol. The normalized spacial score (nSPS) is 13.6. The molecule has 0 rings (SSSR count). The van der Waals surface area contributed by atoms with E-state index < -0.39 is 0 Å². The molecule has 0 aromatic rings. The van der Waals surface area contributed by atoms with Crippen molar-refractivity contribution in [2.45, 2.75) is 47.1 Å². The molecule has 104 valence electrons. The molecule has 0 aliphatic carbocycles. The van der Waals surface area contributed by atoms with E-state index in [9.17, 15) is 0 Å². The molecule has 0 fully saturated rings. The smallest absolute Gasteiger partial charge is 0.0621 e. The minimum absolute atomic E-state index is 0.434. The van der Waals surface area contributed by atoms with Crippen LogP contribution >= 0.6 is 0 Å². The fourth-order valence-corrected chi connectivity index (χ4v) is 1.47. The molecule has 0 aliphatic rings. The molecule has 1 unspecified atom stereocenters. The van der Waals surface area contributed by atoms with Gasteiger partial charge in [-0.25, -0.2) is 0 Å². The fraction of sp³-hybridized carbons (Fsp3) is 1.00. The van der Waals surface area contributed by atoms with Crippen LogP contribution in [0.25, 0.3) is 0 Å². The zero-order chi connectivity index (χ0) is 13.1. The first-order chi connectivity index (χ1) is 8.07. The van der Waals surface area contributed by atoms with Crippen LogP contribution in [0.3, 0.4) is 0 Å². The highest BCUT2D eigenvalue weighted by Crippen LogP contribution is 2.02. The van der Waals surface area contributed by atoms with E-state index in [1.807, 2.05) is 6.92 Å². The molecule has 3 heteroatoms. The van der Waals surface area contributed by atoms with Gasteiger partial charge in [0.1, 0.15) is 0 Å². The second kappa shape index (κ2) is 11.0. The van der Waals surface area contributed by atoms with E-state index in [1.54, 1.807) is 0 Å². The van der Waals surface area contributed by atoms with E-state index in [4.69, 9.17) is 9.47 Å². The van der Waals surface area contributed by atoms with Crippen molar-refractivity contribution >= 4 is 0 Å². The Morgan fingerprint density at radius 3 is 2.24 bits per heavy atom. The second-order valence-electron chi connectivity index (χ2n) is 5.26. The molecule has 0 bridgehead atoms. The average molecular weight is 245 g/mol. The van der Waals surface area contributed by atoms with Crippen LogP contribution in [0.1, 0.15) is 41.0 Å². The number of hydrogen-bond acceptors (Lipinski definition) is 3. The zero-order valence-electron chi connectivity index (χ0n) is 12.3. The number of nitrogens with one attached hydrogen (secondary N) is 1. The Labute approximate surface area is 107 Å². The van der Waals surface area contributed by atoms with Gasteiger partial charge in [-0.15, -0.1) is 0 Å². The SMILES string of the molecule is CCOCC(NCCOCCC(C)C)C(C)C. The standard InChI is InChI=1S/C14H31NO2/c1-6-16-11-14(13(4)5)15-8-10-17-9-7-12(2)3/h12-15H,6-11H2,1-5H3. The van der Waals surface area contributed by atoms with Gasteiger partial charge in [-0.2, -0.15) is 0 Å². The van der Waals surface area contributed by atoms with Crippen LogP contribution in [0.2, 0.25) is 0 Å². The van der Waals surface area contributed by atoms with Crippen LogP contribution in [0, 0.1) is 11.8 Å². The van der Waals surface area contributed by atoms with Gasteiger partial charge in [0.2, 0.25) is 0 Å². The molecular formula is C14H31NO2. The number of ether oxygens (including phenoxy) is 2. The van der Waals surface area contributed by atoms with E-state index in [0.29, 0.717) is 12.0 Å². The van der Waals surface area contributed by atoms with Gasteiger partial charge in [0, 0.05) is 25.8 Å². The highest BCUT2D eigenvalue weighted by atomic mass is 16.5. The van der Waals surface area contributed by atoms with Gasteiger partial charge < -0.3 is 14.8 Å². The number of hydrogen-bond donors (Lipinski definition) is 1. The summed E-state index contributed by atoms with van der Waals surface area (Å²) in [5.41, 5.74) is 0. The van der Waals surface area contributed by atoms with Gasteiger partial charge in [-0.05, 0) is 25.2 Å². The highest BCUT2D eigenvalue weighted by molar-refractivity contribution is 4.69. The predicted octanol–water partition coefficient (Wildman–Crippen LogP) is 2.70. The lowest BCUT2D eigenvalue weighted by molar-refractivity contribution is 0.0933. The summed E-state index contributed by atoms with van der Waals surface area (Å²) in [5, 5.41) is 3.49. The molecular weight excluding hydrogens is 214 g/mol. The molecule has 0 aliphatic heterocycles. The third-order valence-electron chi connectivity index (χ3n) is 2.80. The van der Waals surface area contributed by atoms with Crippen molar-refractivity contribution in [3.05, 3.63) is 0 Å². The summed E-state index contributed by atoms with van der Waals surface area (Å²) in [6.45, 7) is 15.1. The average Bonchev–Trinajstić information content (AvgIpc) is 2.26. The van der Waals surface area contributed by atoms with E-state index in [2.05, 4.69) is 33.0 Å². The minimum atomic E-state index is 0.434. The molecule has 1 atom stereocenters. The van der Waals surface area contributed by atoms with Crippen LogP contribution in [0.4, 0.5) is 0 Å². The van der Waals surface area contributed by atoms with E-state index in [0.717, 1.165) is 45.3 Å². The monoisotopic (exact) mass is 245 g/mol. The summed E-state index contributed by atoms with van der Waals surface area (Å²) in [6.07, 6.45) is 1.15. The number of rotatable bonds is 11. The Balaban J connectivity index is 3.47. The van der Waals surface area contributed by atoms with Crippen LogP contribution in [-0.4, -0.2) is 39.0 Å². The molecule has 0 heterocycles. The highest BCUT2D eigenvalue weighted by Gasteiger charge is 2.11. The largest absolute Gasteiger partial charge is 0.380 e. The molecule has 0 spiro atoms. The third kappa shape index (κ3) is 10.7. The van der Waals surface area contributed by atoms with Crippen molar-refractivity contribution < 1.29 is 9.47 Å². The van der Waals surface area contributed by atoms with Crippen molar-refractivity contribution in [2.24, 2.45) is 11.8 Å². The summed E-state index contributed by atoms with van der Waals surface area (Å²) in [6, 6.07) is 0.434. The van der Waals surface area contributed by atoms with Crippen LogP contribution in [0.5, 0.6) is 0 Å². The molecule has 0 saturated heterocycles. The van der Waals surface area contributed by atoms with Crippen molar-refractivity contribution in [3.8, 4) is 0 Å². The quantitative estimate of drug-likeness (QED) is 0.568. The van der Waals surface area contributed by atoms with E-state index in [1.165, 1.54) is 0 Å². The van der Waals surface area contributed by atoms with Crippen LogP contribution in [0.15, 0.2) is 0 Å². The maximum absolute atomic E-state index is 5.58. The minimum Gasteiger partial charge on any atom is -0.380 e. The van der Waals surface area contributed by atoms with E-state index >= 15 is 0 Å². The van der Waals surface area contributed by atoms with Gasteiger partial charge in [0.05, 0.1) is 13.2 Å². The Morgan fingerprint density at radius 2 is 1.71 bits per heavy atom. The zero-order valence-corrected chi connectivity index (χ0v) is 12.3. The summed E-state index contributed by atoms with van der Waals surface area (Å²) < 4.78 is 11.0. The first-order valence-electron chi connectivity index (χ1n) is 6.96. The summed E-state index contributed by atoms with van der Waals surface area (Å²) in [4.78, 5) is 0. The molecule has 0 radical (unpaired) electrons. The van der Waals surface area contributed by atoms with Crippen molar-refractivity contribution in [3.63, 3.8) is 0 Å². The van der Waals surface area contributed by atoms with Gasteiger partial charge >= 0.3 is 0 Å². The van der Waals surface area contributed by atoms with Crippen LogP contribution < -0.4 is 5.32 Å². The van der Waals surface area contributed by atoms with Crippen molar-refractivity contribution in [1.29, 1.82) is 0 Å². The third-order valence-corrected chi connectivity index (χ3v) is 2.80. The molecule has 17 heavy (non-hydrogen) atoms. The van der Waals surface area contributed by atoms with Crippen molar-refractivity contribution in [2.75, 3.05) is 33.0 Å². The Morgan fingerprint density at radius 1 is 1.00 bits per heavy atom. The Kier molecular flexibility index (Phi) is 10.9. The van der Waals surface area contributed by atoms with Gasteiger partial charge in [0.25, 0.3) is 0 Å². The summed E-state index contributed by atoms with van der Waals surface area (Å²) in [5.74, 6) is 1.32. The first kappa shape index (κ1) is 16.9. The van der Waals surface area contributed by atoms with Gasteiger partial charge in [0.15, 0.2) is 0 Å². The first-order valence-corrected chi connectivity index (χ1v) is 6.96. The van der Waals surface area contributed by atoms with Gasteiger partial charge in [-0.3, -0.25) is 0 Å². The fourth-order valence-electron chi connectivity index (χ4n) is 1.47. The summed E-state index contributed by atoms with van der Waals surface area (Å²) in [7, 11) is 0. The molecule has 1 N–H and O–H groups in total. The Hall–Kier alpha value is -0.120. The topological polar surface area (TPSA) is 30.5 Å². The maximum Gasteiger partial charge on any atom is 0.0621 e. The lowest BCUT2D eigenvalue weighted by Crippen LogP contribution is -2.39. The summed E-state index contributed by atoms with van der Waals surface area (Å²) >= 11 is 0. The van der Waals surface area contributed by atoms with Gasteiger partial charge in [-0.1, -0.05) is 27.7 Å². The molecule has 0 saturated carbocycles. The van der Waals surface area contributed by atoms with Crippen LogP contribution in [-0.2, 0) is 9.47 Å². The Bertz CT molecular complexity index is 160. The molecule has 0 aromatic carbocycles. The lowest BCUT2D eigenvalue weighted by Gasteiger charge is -2.22. The lowest BCUT2D eigenvalue weighted by atomic mass is 10.1. The van der Waals surface area contributed by atoms with E-state index in [-0.39, 0.29) is 0 Å². The molecule has 0 amide bonds. The van der Waals surface area contributed by atoms with Crippen molar-refractivity contribution in [1.82, 2.24) is 5.32 Å². The molecule has 3 nitrogen and oxygen atoms in total.